The summed E-state index contributed by atoms with van der Waals surface area (Å²) in [5.74, 6) is 0. The van der Waals surface area contributed by atoms with E-state index in [0.717, 1.165) is 6.42 Å². The van der Waals surface area contributed by atoms with Crippen molar-refractivity contribution in [2.75, 3.05) is 0 Å². The van der Waals surface area contributed by atoms with Crippen molar-refractivity contribution in [1.82, 2.24) is 0 Å². The van der Waals surface area contributed by atoms with Crippen LogP contribution in [0.2, 0.25) is 0 Å². The predicted octanol–water partition coefficient (Wildman–Crippen LogP) is 4.49. The fraction of sp³-hybridized carbons (Fsp3) is 0.268. The summed E-state index contributed by atoms with van der Waals surface area (Å²) in [6.45, 7) is 17.8. The molecule has 0 aliphatic heterocycles. The topological polar surface area (TPSA) is 0 Å². The number of aryl methyl sites for hydroxylation is 2. The Labute approximate surface area is 293 Å². The van der Waals surface area contributed by atoms with Crippen LogP contribution in [-0.2, 0) is 41.5 Å². The molecule has 0 fully saturated rings. The minimum atomic E-state index is 0. The molecule has 0 heterocycles. The maximum Gasteiger partial charge on any atom is -0.0253 e. The summed E-state index contributed by atoms with van der Waals surface area (Å²) >= 11 is 1.46. The number of fused-ring (bicyclic) bond motifs is 3. The zero-order chi connectivity index (χ0) is 30.5. The number of hydrogen-bond donors (Lipinski definition) is 0. The predicted molar refractivity (Wildman–Crippen MR) is 179 cm³/mol. The van der Waals surface area contributed by atoms with Crippen molar-refractivity contribution in [3.63, 3.8) is 0 Å². The molecule has 1 aliphatic rings. The van der Waals surface area contributed by atoms with Gasteiger partial charge in [0.1, 0.15) is 0 Å². The van der Waals surface area contributed by atoms with Crippen molar-refractivity contribution in [3.05, 3.63) is 160 Å². The average molecular weight is 699 g/mol. The van der Waals surface area contributed by atoms with Crippen LogP contribution in [0.4, 0.5) is 0 Å². The van der Waals surface area contributed by atoms with Crippen molar-refractivity contribution < 1.29 is 49.0 Å². The first-order chi connectivity index (χ1) is 19.8. The fourth-order valence-corrected chi connectivity index (χ4v) is 5.98. The molecule has 0 bridgehead atoms. The molecular formula is C41H44Cl2Zr-2. The second kappa shape index (κ2) is 16.2. The van der Waals surface area contributed by atoms with Gasteiger partial charge >= 0.3 is 151 Å². The fourth-order valence-electron chi connectivity index (χ4n) is 5.16. The van der Waals surface area contributed by atoms with E-state index in [2.05, 4.69) is 165 Å². The van der Waals surface area contributed by atoms with Gasteiger partial charge in [0, 0.05) is 0 Å². The zero-order valence-corrected chi connectivity index (χ0v) is 31.3. The van der Waals surface area contributed by atoms with E-state index in [0.29, 0.717) is 0 Å². The monoisotopic (exact) mass is 696 g/mol. The molecule has 0 nitrogen and oxygen atoms in total. The first kappa shape index (κ1) is 37.7. The van der Waals surface area contributed by atoms with Gasteiger partial charge in [0.2, 0.25) is 0 Å². The van der Waals surface area contributed by atoms with Crippen LogP contribution in [0.25, 0.3) is 11.1 Å². The van der Waals surface area contributed by atoms with E-state index < -0.39 is 0 Å². The van der Waals surface area contributed by atoms with Crippen molar-refractivity contribution in [3.8, 4) is 11.1 Å². The zero-order valence-electron chi connectivity index (χ0n) is 27.4. The molecule has 5 aromatic rings. The number of hydrogen-bond acceptors (Lipinski definition) is 0. The van der Waals surface area contributed by atoms with E-state index >= 15 is 0 Å². The Kier molecular flexibility index (Phi) is 13.9. The summed E-state index contributed by atoms with van der Waals surface area (Å²) in [6.07, 6.45) is 1.05. The third-order valence-corrected chi connectivity index (χ3v) is 9.18. The van der Waals surface area contributed by atoms with Gasteiger partial charge in [-0.25, -0.2) is 11.6 Å². The SMILES string of the molecule is CC(C)(C)c1ccc([C](=[Zr+2])c2ccc(C(C)(C)C)cc2)cc1.Cc1c[cH-]c(C)c1.[Cl-].[Cl-].[c-]1cccc2c1Cc1ccccc1-2. The minimum absolute atomic E-state index is 0. The molecule has 0 aromatic heterocycles. The van der Waals surface area contributed by atoms with Crippen LogP contribution in [0.5, 0.6) is 0 Å². The molecule has 0 spiro atoms. The summed E-state index contributed by atoms with van der Waals surface area (Å²) in [6, 6.07) is 42.6. The quantitative estimate of drug-likeness (QED) is 0.234. The van der Waals surface area contributed by atoms with Gasteiger partial charge < -0.3 is 24.8 Å². The summed E-state index contributed by atoms with van der Waals surface area (Å²) in [5.41, 5.74) is 14.1. The standard InChI is InChI=1S/C21H26.C13H9.C7H9.2ClH.Zr/c1-20(2,3)18-11-7-16(8-12-18)15-17-9-13-19(14-10-17)21(4,5)6;1-3-7-12-10(5-1)9-11-6-2-4-8-13(11)12;1-6-3-4-7(2)5-6;;;/h7-14H,1-6H3;1-5,7-8H,9H2;3-5H,1-2H3;2*1H;/q;2*-1;;;+2/p-2. The van der Waals surface area contributed by atoms with Crippen LogP contribution >= 0.6 is 0 Å². The van der Waals surface area contributed by atoms with Gasteiger partial charge in [-0.3, -0.25) is 0 Å². The summed E-state index contributed by atoms with van der Waals surface area (Å²) in [5, 5.41) is 0. The Morgan fingerprint density at radius 2 is 1.18 bits per heavy atom. The van der Waals surface area contributed by atoms with E-state index in [9.17, 15) is 0 Å². The first-order valence-corrected chi connectivity index (χ1v) is 16.1. The van der Waals surface area contributed by atoms with Crippen LogP contribution in [0, 0.1) is 19.9 Å². The Bertz CT molecular complexity index is 1510. The second-order valence-corrected chi connectivity index (χ2v) is 14.6. The molecule has 0 radical (unpaired) electrons. The molecule has 0 atom stereocenters. The summed E-state index contributed by atoms with van der Waals surface area (Å²) in [4.78, 5) is 0. The first-order valence-electron chi connectivity index (χ1n) is 14.9. The second-order valence-electron chi connectivity index (χ2n) is 13.4. The van der Waals surface area contributed by atoms with E-state index in [1.165, 1.54) is 83.1 Å². The Morgan fingerprint density at radius 1 is 0.682 bits per heavy atom. The summed E-state index contributed by atoms with van der Waals surface area (Å²) < 4.78 is 1.42. The third-order valence-electron chi connectivity index (χ3n) is 7.76. The molecule has 0 amide bonds. The van der Waals surface area contributed by atoms with Crippen LogP contribution in [0.3, 0.4) is 0 Å². The molecule has 5 aromatic carbocycles. The smallest absolute Gasteiger partial charge is 0.0253 e. The van der Waals surface area contributed by atoms with Crippen LogP contribution in [-0.4, -0.2) is 3.21 Å². The van der Waals surface area contributed by atoms with Gasteiger partial charge in [-0.1, -0.05) is 49.2 Å². The maximum atomic E-state index is 3.30. The van der Waals surface area contributed by atoms with Gasteiger partial charge in [-0.2, -0.15) is 47.5 Å². The average Bonchev–Trinajstić information content (AvgIpc) is 3.54. The van der Waals surface area contributed by atoms with Gasteiger partial charge in [0.25, 0.3) is 0 Å². The van der Waals surface area contributed by atoms with E-state index in [4.69, 9.17) is 0 Å². The molecule has 3 heteroatoms. The molecule has 6 rings (SSSR count). The minimum Gasteiger partial charge on any atom is -1.00 e. The van der Waals surface area contributed by atoms with Crippen molar-refractivity contribution in [1.29, 1.82) is 0 Å². The largest absolute Gasteiger partial charge is 1.00 e. The number of halogens is 2. The van der Waals surface area contributed by atoms with Crippen molar-refractivity contribution >= 4 is 3.21 Å². The Balaban J connectivity index is 0.000000258. The van der Waals surface area contributed by atoms with E-state index in [1.54, 1.807) is 0 Å². The Hall–Kier alpha value is -2.44. The van der Waals surface area contributed by atoms with Crippen LogP contribution < -0.4 is 24.8 Å². The van der Waals surface area contributed by atoms with Crippen LogP contribution in [0.15, 0.2) is 109 Å². The molecule has 0 N–H and O–H groups in total. The van der Waals surface area contributed by atoms with Gasteiger partial charge in [-0.05, 0) is 6.42 Å². The van der Waals surface area contributed by atoms with Gasteiger partial charge in [0.05, 0.1) is 0 Å². The molecule has 0 saturated carbocycles. The van der Waals surface area contributed by atoms with Gasteiger partial charge in [-0.15, -0.1) is 5.56 Å². The third kappa shape index (κ3) is 10.0. The Morgan fingerprint density at radius 3 is 1.61 bits per heavy atom. The van der Waals surface area contributed by atoms with Gasteiger partial charge in [0.15, 0.2) is 0 Å². The molecule has 44 heavy (non-hydrogen) atoms. The molecule has 1 aliphatic carbocycles. The molecule has 228 valence electrons. The molecule has 0 saturated heterocycles. The van der Waals surface area contributed by atoms with E-state index in [1.807, 2.05) is 6.07 Å². The number of benzene rings is 4. The maximum absolute atomic E-state index is 3.30. The van der Waals surface area contributed by atoms with Crippen molar-refractivity contribution in [2.24, 2.45) is 0 Å². The molecular weight excluding hydrogens is 655 g/mol. The van der Waals surface area contributed by atoms with Crippen LogP contribution in [0.1, 0.15) is 86.1 Å². The molecule has 0 unspecified atom stereocenters. The van der Waals surface area contributed by atoms with E-state index in [-0.39, 0.29) is 35.6 Å². The van der Waals surface area contributed by atoms with Crippen molar-refractivity contribution in [2.45, 2.75) is 72.6 Å². The normalized spacial score (nSPS) is 11.3. The summed E-state index contributed by atoms with van der Waals surface area (Å²) in [7, 11) is 0. The number of rotatable bonds is 2.